The molecule has 0 unspecified atom stereocenters. The predicted molar refractivity (Wildman–Crippen MR) is 132 cm³/mol. The molecular formula is C24H23ClN2O7S. The summed E-state index contributed by atoms with van der Waals surface area (Å²) in [6, 6.07) is 16.6. The van der Waals surface area contributed by atoms with E-state index in [1.54, 1.807) is 30.3 Å². The van der Waals surface area contributed by atoms with E-state index in [0.717, 1.165) is 4.31 Å². The van der Waals surface area contributed by atoms with Gasteiger partial charge in [0.2, 0.25) is 5.91 Å². The minimum atomic E-state index is -4.19. The Labute approximate surface area is 208 Å². The third-order valence-electron chi connectivity index (χ3n) is 4.93. The standard InChI is InChI=1S/C24H23ClN2O7S/c1-32-21-12-10-18(14-22(21)33-2)35(30,31)27(17-7-5-4-6-8-17)15-23(28)26-16-9-11-20(25)19(13-16)24(29)34-3/h4-14H,15H2,1-3H3,(H,26,28). The number of methoxy groups -OCH3 is 3. The molecule has 0 aromatic heterocycles. The first-order valence-corrected chi connectivity index (χ1v) is 12.0. The molecule has 0 saturated heterocycles. The highest BCUT2D eigenvalue weighted by Crippen LogP contribution is 2.32. The third-order valence-corrected chi connectivity index (χ3v) is 7.03. The van der Waals surface area contributed by atoms with E-state index in [1.165, 1.54) is 57.7 Å². The summed E-state index contributed by atoms with van der Waals surface area (Å²) in [5.41, 5.74) is 0.588. The van der Waals surface area contributed by atoms with Crippen LogP contribution in [0.25, 0.3) is 0 Å². The van der Waals surface area contributed by atoms with Gasteiger partial charge in [-0.25, -0.2) is 13.2 Å². The highest BCUT2D eigenvalue weighted by molar-refractivity contribution is 7.92. The first-order valence-electron chi connectivity index (χ1n) is 10.2. The normalized spacial score (nSPS) is 10.9. The molecule has 0 radical (unpaired) electrons. The van der Waals surface area contributed by atoms with Crippen molar-refractivity contribution in [3.8, 4) is 11.5 Å². The first kappa shape index (κ1) is 25.9. The van der Waals surface area contributed by atoms with Crippen LogP contribution in [0.5, 0.6) is 11.5 Å². The summed E-state index contributed by atoms with van der Waals surface area (Å²) in [5.74, 6) is -0.730. The zero-order valence-electron chi connectivity index (χ0n) is 19.1. The van der Waals surface area contributed by atoms with Gasteiger partial charge in [0.05, 0.1) is 42.5 Å². The number of carbonyl (C=O) groups excluding carboxylic acids is 2. The Morgan fingerprint density at radius 3 is 2.23 bits per heavy atom. The minimum absolute atomic E-state index is 0.0600. The fourth-order valence-corrected chi connectivity index (χ4v) is 4.85. The lowest BCUT2D eigenvalue weighted by Crippen LogP contribution is -2.38. The van der Waals surface area contributed by atoms with E-state index >= 15 is 0 Å². The van der Waals surface area contributed by atoms with Crippen molar-refractivity contribution in [1.82, 2.24) is 0 Å². The van der Waals surface area contributed by atoms with Crippen molar-refractivity contribution in [2.24, 2.45) is 0 Å². The van der Waals surface area contributed by atoms with Crippen LogP contribution in [-0.2, 0) is 19.6 Å². The van der Waals surface area contributed by atoms with E-state index in [4.69, 9.17) is 21.1 Å². The number of benzene rings is 3. The number of para-hydroxylation sites is 1. The highest BCUT2D eigenvalue weighted by Gasteiger charge is 2.28. The highest BCUT2D eigenvalue weighted by atomic mass is 35.5. The molecule has 1 amide bonds. The number of carbonyl (C=O) groups is 2. The predicted octanol–water partition coefficient (Wildman–Crippen LogP) is 3.98. The Balaban J connectivity index is 1.95. The lowest BCUT2D eigenvalue weighted by atomic mass is 10.2. The summed E-state index contributed by atoms with van der Waals surface area (Å²) in [4.78, 5) is 24.7. The van der Waals surface area contributed by atoms with Gasteiger partial charge in [-0.05, 0) is 42.5 Å². The molecule has 1 N–H and O–H groups in total. The van der Waals surface area contributed by atoms with Crippen LogP contribution in [0.4, 0.5) is 11.4 Å². The molecule has 0 atom stereocenters. The SMILES string of the molecule is COC(=O)c1cc(NC(=O)CN(c2ccccc2)S(=O)(=O)c2ccc(OC)c(OC)c2)ccc1Cl. The van der Waals surface area contributed by atoms with E-state index < -0.39 is 28.4 Å². The maximum atomic E-state index is 13.6. The number of hydrogen-bond acceptors (Lipinski definition) is 7. The van der Waals surface area contributed by atoms with E-state index in [1.807, 2.05) is 0 Å². The average molecular weight is 519 g/mol. The van der Waals surface area contributed by atoms with Gasteiger partial charge >= 0.3 is 5.97 Å². The summed E-state index contributed by atoms with van der Waals surface area (Å²) in [7, 11) is -0.147. The molecule has 9 nitrogen and oxygen atoms in total. The number of nitrogens with one attached hydrogen (secondary N) is 1. The van der Waals surface area contributed by atoms with Gasteiger partial charge in [-0.2, -0.15) is 0 Å². The third kappa shape index (κ3) is 5.84. The minimum Gasteiger partial charge on any atom is -0.493 e. The molecule has 184 valence electrons. The van der Waals surface area contributed by atoms with Crippen LogP contribution < -0.4 is 19.1 Å². The molecule has 0 spiro atoms. The first-order chi connectivity index (χ1) is 16.7. The largest absolute Gasteiger partial charge is 0.493 e. The molecule has 0 aliphatic heterocycles. The second-order valence-electron chi connectivity index (χ2n) is 7.10. The monoisotopic (exact) mass is 518 g/mol. The Kier molecular flexibility index (Phi) is 8.21. The van der Waals surface area contributed by atoms with Gasteiger partial charge in [0.1, 0.15) is 6.54 Å². The van der Waals surface area contributed by atoms with Gasteiger partial charge in [0, 0.05) is 11.8 Å². The number of anilines is 2. The lowest BCUT2D eigenvalue weighted by Gasteiger charge is -2.24. The summed E-state index contributed by atoms with van der Waals surface area (Å²) < 4.78 is 43.2. The van der Waals surface area contributed by atoms with Crippen LogP contribution in [0.2, 0.25) is 5.02 Å². The maximum Gasteiger partial charge on any atom is 0.339 e. The molecule has 0 saturated carbocycles. The van der Waals surface area contributed by atoms with Crippen molar-refractivity contribution in [3.05, 3.63) is 77.3 Å². The molecule has 3 rings (SSSR count). The van der Waals surface area contributed by atoms with Crippen molar-refractivity contribution in [2.75, 3.05) is 37.5 Å². The van der Waals surface area contributed by atoms with Gasteiger partial charge < -0.3 is 19.5 Å². The van der Waals surface area contributed by atoms with Gasteiger partial charge in [-0.15, -0.1) is 0 Å². The summed E-state index contributed by atoms with van der Waals surface area (Å²) in [6.07, 6.45) is 0. The number of nitrogens with zero attached hydrogens (tertiary/aromatic N) is 1. The molecule has 11 heteroatoms. The molecule has 3 aromatic carbocycles. The van der Waals surface area contributed by atoms with Gasteiger partial charge in [-0.1, -0.05) is 29.8 Å². The number of esters is 1. The molecule has 0 aliphatic carbocycles. The molecule has 3 aromatic rings. The van der Waals surface area contributed by atoms with Crippen LogP contribution in [0.3, 0.4) is 0 Å². The van der Waals surface area contributed by atoms with Gasteiger partial charge in [0.25, 0.3) is 10.0 Å². The molecule has 35 heavy (non-hydrogen) atoms. The topological polar surface area (TPSA) is 111 Å². The zero-order chi connectivity index (χ0) is 25.6. The Hall–Kier alpha value is -3.76. The number of hydrogen-bond donors (Lipinski definition) is 1. The number of amides is 1. The van der Waals surface area contributed by atoms with Crippen molar-refractivity contribution >= 4 is 44.9 Å². The van der Waals surface area contributed by atoms with Crippen molar-refractivity contribution in [2.45, 2.75) is 4.90 Å². The van der Waals surface area contributed by atoms with Gasteiger partial charge in [-0.3, -0.25) is 9.10 Å². The van der Waals surface area contributed by atoms with E-state index in [9.17, 15) is 18.0 Å². The number of rotatable bonds is 9. The second-order valence-corrected chi connectivity index (χ2v) is 9.37. The molecule has 0 heterocycles. The summed E-state index contributed by atoms with van der Waals surface area (Å²) >= 11 is 6.02. The smallest absolute Gasteiger partial charge is 0.339 e. The Morgan fingerprint density at radius 2 is 1.60 bits per heavy atom. The second kappa shape index (κ2) is 11.1. The Bertz CT molecular complexity index is 1330. The van der Waals surface area contributed by atoms with Crippen LogP contribution in [0.1, 0.15) is 10.4 Å². The summed E-state index contributed by atoms with van der Waals surface area (Å²) in [6.45, 7) is -0.545. The van der Waals surface area contributed by atoms with Crippen LogP contribution in [0, 0.1) is 0 Å². The van der Waals surface area contributed by atoms with Crippen LogP contribution in [-0.4, -0.2) is 48.2 Å². The molecule has 0 bridgehead atoms. The quantitative estimate of drug-likeness (QED) is 0.426. The fraction of sp³-hybridized carbons (Fsp3) is 0.167. The van der Waals surface area contributed by atoms with Crippen LogP contribution in [0.15, 0.2) is 71.6 Å². The molecule has 0 fully saturated rings. The van der Waals surface area contributed by atoms with E-state index in [2.05, 4.69) is 10.1 Å². The van der Waals surface area contributed by atoms with Crippen molar-refractivity contribution < 1.29 is 32.2 Å². The summed E-state index contributed by atoms with van der Waals surface area (Å²) in [5, 5.41) is 2.75. The number of sulfonamides is 1. The van der Waals surface area contributed by atoms with Crippen molar-refractivity contribution in [1.29, 1.82) is 0 Å². The van der Waals surface area contributed by atoms with E-state index in [-0.39, 0.29) is 32.6 Å². The fourth-order valence-electron chi connectivity index (χ4n) is 3.21. The average Bonchev–Trinajstić information content (AvgIpc) is 2.87. The lowest BCUT2D eigenvalue weighted by molar-refractivity contribution is -0.114. The van der Waals surface area contributed by atoms with Crippen LogP contribution >= 0.6 is 11.6 Å². The van der Waals surface area contributed by atoms with Gasteiger partial charge in [0.15, 0.2) is 11.5 Å². The Morgan fingerprint density at radius 1 is 0.914 bits per heavy atom. The van der Waals surface area contributed by atoms with E-state index in [0.29, 0.717) is 5.75 Å². The van der Waals surface area contributed by atoms with Crippen molar-refractivity contribution in [3.63, 3.8) is 0 Å². The number of halogens is 1. The zero-order valence-corrected chi connectivity index (χ0v) is 20.7. The number of ether oxygens (including phenoxy) is 3. The molecule has 0 aliphatic rings. The molecular weight excluding hydrogens is 496 g/mol. The maximum absolute atomic E-state index is 13.6.